The van der Waals surface area contributed by atoms with Gasteiger partial charge in [0.2, 0.25) is 0 Å². The molecule has 0 radical (unpaired) electrons. The second-order valence-corrected chi connectivity index (χ2v) is 4.43. The number of aromatic amines is 1. The van der Waals surface area contributed by atoms with Crippen molar-refractivity contribution in [2.24, 2.45) is 4.99 Å². The minimum atomic E-state index is -0.00977. The summed E-state index contributed by atoms with van der Waals surface area (Å²) in [5.41, 5.74) is 9.34. The fraction of sp³-hybridized carbons (Fsp3) is 0.143. The highest BCUT2D eigenvalue weighted by molar-refractivity contribution is 5.92. The van der Waals surface area contributed by atoms with Crippen LogP contribution in [0.4, 0.5) is 5.82 Å². The molecule has 1 aliphatic heterocycles. The summed E-state index contributed by atoms with van der Waals surface area (Å²) in [5, 5.41) is 0.671. The van der Waals surface area contributed by atoms with Crippen LogP contribution >= 0.6 is 0 Å². The molecule has 3 rings (SSSR count). The van der Waals surface area contributed by atoms with Crippen LogP contribution in [0.3, 0.4) is 0 Å². The van der Waals surface area contributed by atoms with Gasteiger partial charge in [0, 0.05) is 17.2 Å². The molecule has 1 aromatic carbocycles. The maximum Gasteiger partial charge on any atom is 0.194 e. The minimum Gasteiger partial charge on any atom is -0.385 e. The van der Waals surface area contributed by atoms with Crippen LogP contribution in [0.25, 0.3) is 16.5 Å². The summed E-state index contributed by atoms with van der Waals surface area (Å²) in [6, 6.07) is 5.75. The van der Waals surface area contributed by atoms with Gasteiger partial charge in [0.25, 0.3) is 0 Å². The lowest BCUT2D eigenvalue weighted by molar-refractivity contribution is 1.29. The topological polar surface area (TPSA) is 71.2 Å². The highest BCUT2D eigenvalue weighted by Gasteiger charge is 2.09. The number of aromatic nitrogens is 1. The first-order valence-corrected chi connectivity index (χ1v) is 5.78. The highest BCUT2D eigenvalue weighted by atomic mass is 16.1. The first-order valence-electron chi connectivity index (χ1n) is 5.78. The number of hydrogen-bond donors (Lipinski definition) is 2. The van der Waals surface area contributed by atoms with E-state index in [0.29, 0.717) is 23.3 Å². The van der Waals surface area contributed by atoms with Crippen LogP contribution in [-0.4, -0.2) is 17.7 Å². The number of aliphatic imine (C=N–C) groups is 1. The number of hydrogen-bond acceptors (Lipinski definition) is 3. The van der Waals surface area contributed by atoms with Gasteiger partial charge in [-0.05, 0) is 36.3 Å². The summed E-state index contributed by atoms with van der Waals surface area (Å²) in [5.74, 6) is 0.432. The van der Waals surface area contributed by atoms with Crippen molar-refractivity contribution in [3.63, 3.8) is 0 Å². The summed E-state index contributed by atoms with van der Waals surface area (Å²) in [6.45, 7) is 2.42. The lowest BCUT2D eigenvalue weighted by Gasteiger charge is -2.07. The monoisotopic (exact) mass is 239 g/mol. The molecule has 1 aromatic heterocycles. The van der Waals surface area contributed by atoms with Crippen LogP contribution in [0.5, 0.6) is 0 Å². The average Bonchev–Trinajstić information content (AvgIpc) is 2.89. The van der Waals surface area contributed by atoms with Gasteiger partial charge in [0.15, 0.2) is 5.43 Å². The number of fused-ring (bicyclic) bond motifs is 1. The van der Waals surface area contributed by atoms with E-state index in [1.54, 1.807) is 13.1 Å². The van der Waals surface area contributed by atoms with Gasteiger partial charge in [-0.3, -0.25) is 9.79 Å². The van der Waals surface area contributed by atoms with E-state index in [1.165, 1.54) is 0 Å². The lowest BCUT2D eigenvalue weighted by Crippen LogP contribution is -2.11. The summed E-state index contributed by atoms with van der Waals surface area (Å²) < 4.78 is 0. The van der Waals surface area contributed by atoms with Crippen molar-refractivity contribution in [3.05, 3.63) is 45.6 Å². The summed E-state index contributed by atoms with van der Waals surface area (Å²) in [4.78, 5) is 19.3. The predicted molar refractivity (Wildman–Crippen MR) is 75.1 cm³/mol. The Bertz CT molecular complexity index is 753. The van der Waals surface area contributed by atoms with Crippen LogP contribution in [-0.2, 0) is 0 Å². The molecule has 0 saturated carbocycles. The van der Waals surface area contributed by atoms with E-state index < -0.39 is 0 Å². The first kappa shape index (κ1) is 10.8. The van der Waals surface area contributed by atoms with Crippen molar-refractivity contribution < 1.29 is 0 Å². The normalized spacial score (nSPS) is 14.2. The number of anilines is 1. The number of H-pyrrole nitrogens is 1. The van der Waals surface area contributed by atoms with Gasteiger partial charge in [-0.1, -0.05) is 6.07 Å². The predicted octanol–water partition coefficient (Wildman–Crippen LogP) is 1.89. The van der Waals surface area contributed by atoms with E-state index >= 15 is 0 Å². The molecule has 0 amide bonds. The Morgan fingerprint density at radius 1 is 1.39 bits per heavy atom. The Labute approximate surface area is 104 Å². The van der Waals surface area contributed by atoms with Gasteiger partial charge in [-0.2, -0.15) is 0 Å². The molecule has 0 saturated heterocycles. The van der Waals surface area contributed by atoms with Crippen LogP contribution in [0.1, 0.15) is 11.1 Å². The SMILES string of the molecule is Cc1c(N)[nH]c2cc(C3=CC=NC3)ccc2c1=O. The fourth-order valence-corrected chi connectivity index (χ4v) is 2.14. The standard InChI is InChI=1S/C14H13N3O/c1-8-13(18)11-3-2-9(10-4-5-16-7-10)6-12(11)17-14(8)15/h2-6H,7H2,1H3,(H3,15,17,18). The number of nitrogens with two attached hydrogens (primary N) is 1. The van der Waals surface area contributed by atoms with Gasteiger partial charge in [0.05, 0.1) is 12.1 Å². The second-order valence-electron chi connectivity index (χ2n) is 4.43. The van der Waals surface area contributed by atoms with Crippen molar-refractivity contribution in [1.29, 1.82) is 0 Å². The number of benzene rings is 1. The van der Waals surface area contributed by atoms with Gasteiger partial charge in [0.1, 0.15) is 5.82 Å². The third-order valence-electron chi connectivity index (χ3n) is 3.29. The third kappa shape index (κ3) is 1.54. The van der Waals surface area contributed by atoms with E-state index in [4.69, 9.17) is 5.73 Å². The minimum absolute atomic E-state index is 0.00977. The average molecular weight is 239 g/mol. The Morgan fingerprint density at radius 2 is 2.22 bits per heavy atom. The first-order chi connectivity index (χ1) is 8.66. The van der Waals surface area contributed by atoms with Crippen LogP contribution in [0, 0.1) is 6.92 Å². The van der Waals surface area contributed by atoms with Crippen LogP contribution in [0.2, 0.25) is 0 Å². The quantitative estimate of drug-likeness (QED) is 0.797. The molecular weight excluding hydrogens is 226 g/mol. The molecule has 0 unspecified atom stereocenters. The Balaban J connectivity index is 2.24. The van der Waals surface area contributed by atoms with E-state index in [1.807, 2.05) is 24.3 Å². The highest BCUT2D eigenvalue weighted by Crippen LogP contribution is 2.21. The van der Waals surface area contributed by atoms with Gasteiger partial charge >= 0.3 is 0 Å². The molecule has 18 heavy (non-hydrogen) atoms. The molecule has 0 fully saturated rings. The van der Waals surface area contributed by atoms with E-state index in [0.717, 1.165) is 16.7 Å². The van der Waals surface area contributed by atoms with Crippen molar-refractivity contribution in [3.8, 4) is 0 Å². The summed E-state index contributed by atoms with van der Waals surface area (Å²) >= 11 is 0. The second kappa shape index (κ2) is 3.84. The molecule has 0 atom stereocenters. The molecular formula is C14H13N3O. The van der Waals surface area contributed by atoms with Crippen molar-refractivity contribution in [2.45, 2.75) is 6.92 Å². The lowest BCUT2D eigenvalue weighted by atomic mass is 10.0. The molecule has 0 spiro atoms. The van der Waals surface area contributed by atoms with Crippen LogP contribution in [0.15, 0.2) is 34.1 Å². The largest absolute Gasteiger partial charge is 0.385 e. The maximum atomic E-state index is 12.0. The molecule has 3 N–H and O–H groups in total. The smallest absolute Gasteiger partial charge is 0.194 e. The number of rotatable bonds is 1. The van der Waals surface area contributed by atoms with Crippen LogP contribution < -0.4 is 11.2 Å². The van der Waals surface area contributed by atoms with Crippen molar-refractivity contribution in [1.82, 2.24) is 4.98 Å². The molecule has 1 aliphatic rings. The third-order valence-corrected chi connectivity index (χ3v) is 3.29. The Kier molecular flexibility index (Phi) is 2.30. The maximum absolute atomic E-state index is 12.0. The molecule has 4 nitrogen and oxygen atoms in total. The summed E-state index contributed by atoms with van der Waals surface area (Å²) in [6.07, 6.45) is 3.78. The van der Waals surface area contributed by atoms with Crippen molar-refractivity contribution in [2.75, 3.05) is 12.3 Å². The van der Waals surface area contributed by atoms with E-state index in [-0.39, 0.29) is 5.43 Å². The fourth-order valence-electron chi connectivity index (χ4n) is 2.14. The molecule has 2 heterocycles. The molecule has 0 bridgehead atoms. The number of allylic oxidation sites excluding steroid dienone is 1. The van der Waals surface area contributed by atoms with Gasteiger partial charge in [-0.25, -0.2) is 0 Å². The molecule has 0 aliphatic carbocycles. The molecule has 4 heteroatoms. The summed E-state index contributed by atoms with van der Waals surface area (Å²) in [7, 11) is 0. The molecule has 90 valence electrons. The van der Waals surface area contributed by atoms with Gasteiger partial charge < -0.3 is 10.7 Å². The Morgan fingerprint density at radius 3 is 2.94 bits per heavy atom. The van der Waals surface area contributed by atoms with Crippen molar-refractivity contribution >= 4 is 28.5 Å². The number of nitrogens with zero attached hydrogens (tertiary/aromatic N) is 1. The Hall–Kier alpha value is -2.36. The van der Waals surface area contributed by atoms with E-state index in [2.05, 4.69) is 9.98 Å². The number of nitrogen functional groups attached to an aromatic ring is 1. The number of nitrogens with one attached hydrogen (secondary N) is 1. The molecule has 2 aromatic rings. The number of pyridine rings is 1. The zero-order chi connectivity index (χ0) is 12.7. The van der Waals surface area contributed by atoms with E-state index in [9.17, 15) is 4.79 Å². The zero-order valence-corrected chi connectivity index (χ0v) is 10.0. The van der Waals surface area contributed by atoms with Gasteiger partial charge in [-0.15, -0.1) is 0 Å². The zero-order valence-electron chi connectivity index (χ0n) is 10.0.